The maximum atomic E-state index is 6.10. The van der Waals surface area contributed by atoms with Gasteiger partial charge in [0.1, 0.15) is 3.70 Å². The molecule has 0 fully saturated rings. The number of benzene rings is 1. The quantitative estimate of drug-likeness (QED) is 0.369. The van der Waals surface area contributed by atoms with Crippen LogP contribution in [0.4, 0.5) is 0 Å². The zero-order valence-electron chi connectivity index (χ0n) is 7.85. The Morgan fingerprint density at radius 1 is 0.938 bits per heavy atom. The van der Waals surface area contributed by atoms with Gasteiger partial charge in [0.25, 0.3) is 0 Å². The van der Waals surface area contributed by atoms with Gasteiger partial charge in [0, 0.05) is 5.56 Å². The van der Waals surface area contributed by atoms with Crippen LogP contribution in [0.5, 0.6) is 0 Å². The van der Waals surface area contributed by atoms with E-state index in [-0.39, 0.29) is 0 Å². The van der Waals surface area contributed by atoms with Crippen LogP contribution in [0.1, 0.15) is 0 Å². The van der Waals surface area contributed by atoms with Crippen LogP contribution in [0.25, 0.3) is 11.3 Å². The number of halogens is 4. The van der Waals surface area contributed by atoms with Crippen molar-refractivity contribution in [3.8, 4) is 11.3 Å². The fraction of sp³-hybridized carbons (Fsp3) is 0. The molecule has 0 atom stereocenters. The van der Waals surface area contributed by atoms with Gasteiger partial charge in [-0.1, -0.05) is 40.9 Å². The first-order valence-corrected chi connectivity index (χ1v) is 6.56. The Morgan fingerprint density at radius 2 is 1.62 bits per heavy atom. The van der Waals surface area contributed by atoms with E-state index >= 15 is 0 Å². The molecule has 0 saturated heterocycles. The first kappa shape index (κ1) is 12.4. The van der Waals surface area contributed by atoms with Crippen molar-refractivity contribution in [2.75, 3.05) is 0 Å². The van der Waals surface area contributed by atoms with E-state index in [1.165, 1.54) is 0 Å². The predicted octanol–water partition coefficient (Wildman–Crippen LogP) is 5.31. The van der Waals surface area contributed by atoms with Crippen molar-refractivity contribution < 1.29 is 0 Å². The molecule has 2 aromatic rings. The molecule has 0 bridgehead atoms. The number of hydrogen-bond donors (Lipinski definition) is 0. The monoisotopic (exact) mass is 383 g/mol. The summed E-state index contributed by atoms with van der Waals surface area (Å²) in [6.07, 6.45) is 0. The molecule has 0 unspecified atom stereocenters. The Hall–Kier alpha value is -0.0300. The molecule has 1 aromatic carbocycles. The van der Waals surface area contributed by atoms with Crippen molar-refractivity contribution in [1.29, 1.82) is 0 Å². The molecule has 0 saturated carbocycles. The molecule has 0 aliphatic carbocycles. The van der Waals surface area contributed by atoms with Crippen LogP contribution in [0.2, 0.25) is 15.1 Å². The van der Waals surface area contributed by atoms with E-state index < -0.39 is 0 Å². The van der Waals surface area contributed by atoms with Gasteiger partial charge in [0.05, 0.1) is 20.8 Å². The molecule has 1 heterocycles. The van der Waals surface area contributed by atoms with Crippen LogP contribution in [-0.4, -0.2) is 4.98 Å². The van der Waals surface area contributed by atoms with Crippen LogP contribution in [0, 0.1) is 3.70 Å². The topological polar surface area (TPSA) is 12.9 Å². The molecular weight excluding hydrogens is 379 g/mol. The second-order valence-corrected chi connectivity index (χ2v) is 5.42. The lowest BCUT2D eigenvalue weighted by Crippen LogP contribution is -1.87. The van der Waals surface area contributed by atoms with Gasteiger partial charge in [-0.2, -0.15) is 0 Å². The molecule has 0 aliphatic rings. The van der Waals surface area contributed by atoms with Crippen molar-refractivity contribution in [2.45, 2.75) is 0 Å². The van der Waals surface area contributed by atoms with Gasteiger partial charge >= 0.3 is 0 Å². The summed E-state index contributed by atoms with van der Waals surface area (Å²) in [5.74, 6) is 0. The summed E-state index contributed by atoms with van der Waals surface area (Å²) >= 11 is 20.1. The van der Waals surface area contributed by atoms with E-state index in [0.29, 0.717) is 15.1 Å². The van der Waals surface area contributed by atoms with Gasteiger partial charge in [0.15, 0.2) is 0 Å². The van der Waals surface area contributed by atoms with E-state index in [4.69, 9.17) is 34.8 Å². The average Bonchev–Trinajstić information content (AvgIpc) is 2.23. The summed E-state index contributed by atoms with van der Waals surface area (Å²) in [6, 6.07) is 9.07. The summed E-state index contributed by atoms with van der Waals surface area (Å²) < 4.78 is 0.900. The lowest BCUT2D eigenvalue weighted by atomic mass is 10.1. The molecular formula is C11H5Cl3IN. The highest BCUT2D eigenvalue weighted by atomic mass is 127. The molecule has 2 rings (SSSR count). The van der Waals surface area contributed by atoms with E-state index in [0.717, 1.165) is 15.0 Å². The molecule has 0 N–H and O–H groups in total. The highest BCUT2D eigenvalue weighted by molar-refractivity contribution is 14.1. The number of nitrogens with zero attached hydrogens (tertiary/aromatic N) is 1. The number of aromatic nitrogens is 1. The maximum absolute atomic E-state index is 6.10. The fourth-order valence-corrected chi connectivity index (χ4v) is 2.39. The van der Waals surface area contributed by atoms with Crippen LogP contribution in [-0.2, 0) is 0 Å². The third-order valence-electron chi connectivity index (χ3n) is 2.00. The third-order valence-corrected chi connectivity index (χ3v) is 3.64. The highest BCUT2D eigenvalue weighted by Crippen LogP contribution is 2.34. The Labute approximate surface area is 122 Å². The van der Waals surface area contributed by atoms with E-state index in [1.54, 1.807) is 12.1 Å². The molecule has 1 aromatic heterocycles. The largest absolute Gasteiger partial charge is 0.242 e. The summed E-state index contributed by atoms with van der Waals surface area (Å²) in [5, 5.41) is 1.46. The van der Waals surface area contributed by atoms with Crippen molar-refractivity contribution in [3.63, 3.8) is 0 Å². The molecule has 1 nitrogen and oxygen atoms in total. The minimum Gasteiger partial charge on any atom is -0.242 e. The van der Waals surface area contributed by atoms with Crippen LogP contribution in [0.15, 0.2) is 30.3 Å². The van der Waals surface area contributed by atoms with Crippen molar-refractivity contribution in [2.24, 2.45) is 0 Å². The van der Waals surface area contributed by atoms with Gasteiger partial charge in [-0.15, -0.1) is 0 Å². The number of rotatable bonds is 1. The van der Waals surface area contributed by atoms with Gasteiger partial charge in [0.2, 0.25) is 0 Å². The average molecular weight is 384 g/mol. The minimum absolute atomic E-state index is 0.445. The Kier molecular flexibility index (Phi) is 3.95. The Bertz CT molecular complexity index is 543. The predicted molar refractivity (Wildman–Crippen MR) is 77.4 cm³/mol. The molecule has 0 amide bonds. The van der Waals surface area contributed by atoms with Crippen molar-refractivity contribution >= 4 is 57.4 Å². The second kappa shape index (κ2) is 5.08. The molecule has 0 aliphatic heterocycles. The molecule has 0 radical (unpaired) electrons. The van der Waals surface area contributed by atoms with Crippen molar-refractivity contribution in [1.82, 2.24) is 4.98 Å². The second-order valence-electron chi connectivity index (χ2n) is 3.09. The van der Waals surface area contributed by atoms with Gasteiger partial charge in [-0.05, 0) is 46.9 Å². The third kappa shape index (κ3) is 2.62. The lowest BCUT2D eigenvalue weighted by Gasteiger charge is -2.06. The van der Waals surface area contributed by atoms with E-state index in [9.17, 15) is 0 Å². The number of pyridine rings is 1. The first-order chi connectivity index (χ1) is 7.58. The fourth-order valence-electron chi connectivity index (χ4n) is 1.28. The lowest BCUT2D eigenvalue weighted by molar-refractivity contribution is 1.27. The van der Waals surface area contributed by atoms with Crippen LogP contribution < -0.4 is 0 Å². The summed E-state index contributed by atoms with van der Waals surface area (Å²) in [7, 11) is 0. The number of hydrogen-bond acceptors (Lipinski definition) is 1. The van der Waals surface area contributed by atoms with Crippen LogP contribution >= 0.6 is 57.4 Å². The van der Waals surface area contributed by atoms with Gasteiger partial charge < -0.3 is 0 Å². The smallest absolute Gasteiger partial charge is 0.102 e. The highest BCUT2D eigenvalue weighted by Gasteiger charge is 2.09. The van der Waals surface area contributed by atoms with Gasteiger partial charge in [-0.25, -0.2) is 4.98 Å². The SMILES string of the molecule is Clc1cc(Cl)c(-c2cccc(I)n2)cc1Cl. The maximum Gasteiger partial charge on any atom is 0.102 e. The van der Waals surface area contributed by atoms with E-state index in [2.05, 4.69) is 27.6 Å². The zero-order chi connectivity index (χ0) is 11.7. The Morgan fingerprint density at radius 3 is 2.31 bits per heavy atom. The normalized spacial score (nSPS) is 10.5. The summed E-state index contributed by atoms with van der Waals surface area (Å²) in [5.41, 5.74) is 1.57. The summed E-state index contributed by atoms with van der Waals surface area (Å²) in [4.78, 5) is 4.38. The van der Waals surface area contributed by atoms with Crippen molar-refractivity contribution in [3.05, 3.63) is 49.1 Å². The molecule has 5 heteroatoms. The molecule has 0 spiro atoms. The minimum atomic E-state index is 0.445. The molecule has 16 heavy (non-hydrogen) atoms. The Balaban J connectivity index is 2.60. The molecule has 82 valence electrons. The van der Waals surface area contributed by atoms with Crippen LogP contribution in [0.3, 0.4) is 0 Å². The van der Waals surface area contributed by atoms with E-state index in [1.807, 2.05) is 18.2 Å². The summed E-state index contributed by atoms with van der Waals surface area (Å²) in [6.45, 7) is 0. The standard InChI is InChI=1S/C11H5Cl3IN/c12-7-5-9(14)8(13)4-6(7)10-2-1-3-11(15)16-10/h1-5H. The first-order valence-electron chi connectivity index (χ1n) is 4.35. The zero-order valence-corrected chi connectivity index (χ0v) is 12.3. The van der Waals surface area contributed by atoms with Gasteiger partial charge in [-0.3, -0.25) is 0 Å².